The van der Waals surface area contributed by atoms with Gasteiger partial charge in [-0.2, -0.15) is 4.98 Å². The summed E-state index contributed by atoms with van der Waals surface area (Å²) in [7, 11) is -1.89. The molecule has 1 aliphatic carbocycles. The highest BCUT2D eigenvalue weighted by Gasteiger charge is 2.44. The van der Waals surface area contributed by atoms with Crippen LogP contribution in [0.1, 0.15) is 46.7 Å². The number of hydrogen-bond acceptors (Lipinski definition) is 6. The maximum atomic E-state index is 11.8. The second-order valence-electron chi connectivity index (χ2n) is 7.29. The Bertz CT molecular complexity index is 1120. The predicted molar refractivity (Wildman–Crippen MR) is 104 cm³/mol. The third-order valence-electron chi connectivity index (χ3n) is 5.17. The van der Waals surface area contributed by atoms with Crippen LogP contribution in [0.2, 0.25) is 0 Å². The number of sulfone groups is 1. The molecule has 1 fully saturated rings. The van der Waals surface area contributed by atoms with Crippen LogP contribution in [-0.4, -0.2) is 31.9 Å². The maximum Gasteiger partial charge on any atom is 0.230 e. The second kappa shape index (κ2) is 7.05. The van der Waals surface area contributed by atoms with Gasteiger partial charge in [0, 0.05) is 18.6 Å². The monoisotopic (exact) mass is 398 g/mol. The molecule has 2 atom stereocenters. The van der Waals surface area contributed by atoms with E-state index in [-0.39, 0.29) is 10.8 Å². The van der Waals surface area contributed by atoms with Gasteiger partial charge < -0.3 is 9.26 Å². The van der Waals surface area contributed by atoms with Gasteiger partial charge >= 0.3 is 0 Å². The first-order chi connectivity index (χ1) is 13.4. The summed E-state index contributed by atoms with van der Waals surface area (Å²) in [4.78, 5) is 4.74. The van der Waals surface area contributed by atoms with Crippen LogP contribution in [0, 0.1) is 6.92 Å². The molecule has 0 N–H and O–H groups in total. The summed E-state index contributed by atoms with van der Waals surface area (Å²) in [5.74, 6) is 2.28. The van der Waals surface area contributed by atoms with Crippen molar-refractivity contribution in [1.29, 1.82) is 0 Å². The minimum absolute atomic E-state index is 0.173. The molecule has 0 saturated heterocycles. The molecule has 28 heavy (non-hydrogen) atoms. The lowest BCUT2D eigenvalue weighted by atomic mass is 10.0. The average Bonchev–Trinajstić information content (AvgIpc) is 3.32. The third-order valence-corrected chi connectivity index (χ3v) is 6.31. The van der Waals surface area contributed by atoms with Gasteiger partial charge in [0.1, 0.15) is 10.6 Å². The first-order valence-corrected chi connectivity index (χ1v) is 11.0. The number of hydrogen-bond donors (Lipinski definition) is 0. The van der Waals surface area contributed by atoms with E-state index in [1.807, 2.05) is 6.07 Å². The second-order valence-corrected chi connectivity index (χ2v) is 9.27. The van der Waals surface area contributed by atoms with Gasteiger partial charge in [0.2, 0.25) is 5.89 Å². The van der Waals surface area contributed by atoms with Gasteiger partial charge in [0.15, 0.2) is 15.7 Å². The van der Waals surface area contributed by atoms with E-state index in [9.17, 15) is 8.42 Å². The Labute approximate surface area is 164 Å². The van der Waals surface area contributed by atoms with Crippen LogP contribution < -0.4 is 4.74 Å². The van der Waals surface area contributed by atoms with E-state index < -0.39 is 9.84 Å². The number of benzene rings is 2. The lowest BCUT2D eigenvalue weighted by Gasteiger charge is -2.08. The standard InChI is InChI=1S/C21H22N2O4S/c1-13-6-4-5-7-15(13)16-12-17(16)21-22-20(23-27-21)11-14-8-9-19(28(3,24)25)18(10-14)26-2/h4-10,16-17H,11-12H2,1-3H3/t16-,17+/m0/s1. The topological polar surface area (TPSA) is 82.3 Å². The van der Waals surface area contributed by atoms with E-state index in [0.717, 1.165) is 18.2 Å². The maximum absolute atomic E-state index is 11.8. The fourth-order valence-electron chi connectivity index (χ4n) is 3.62. The van der Waals surface area contributed by atoms with Gasteiger partial charge in [-0.15, -0.1) is 0 Å². The summed E-state index contributed by atoms with van der Waals surface area (Å²) in [6.07, 6.45) is 2.63. The van der Waals surface area contributed by atoms with Crippen LogP contribution in [0.4, 0.5) is 0 Å². The minimum atomic E-state index is -3.34. The van der Waals surface area contributed by atoms with E-state index in [4.69, 9.17) is 9.26 Å². The summed E-state index contributed by atoms with van der Waals surface area (Å²) >= 11 is 0. The first-order valence-electron chi connectivity index (χ1n) is 9.12. The summed E-state index contributed by atoms with van der Waals surface area (Å²) in [5, 5.41) is 4.10. The lowest BCUT2D eigenvalue weighted by molar-refractivity contribution is 0.373. The molecule has 0 bridgehead atoms. The average molecular weight is 398 g/mol. The third kappa shape index (κ3) is 3.67. The molecule has 0 spiro atoms. The summed E-state index contributed by atoms with van der Waals surface area (Å²) in [6, 6.07) is 13.4. The van der Waals surface area contributed by atoms with Gasteiger partial charge in [-0.25, -0.2) is 8.42 Å². The largest absolute Gasteiger partial charge is 0.495 e. The van der Waals surface area contributed by atoms with Crippen molar-refractivity contribution in [2.45, 2.75) is 36.5 Å². The molecule has 146 valence electrons. The van der Waals surface area contributed by atoms with Crippen molar-refractivity contribution in [3.05, 3.63) is 70.9 Å². The summed E-state index contributed by atoms with van der Waals surface area (Å²) in [5.41, 5.74) is 3.49. The lowest BCUT2D eigenvalue weighted by Crippen LogP contribution is -2.02. The molecule has 0 unspecified atom stereocenters. The van der Waals surface area contributed by atoms with Crippen molar-refractivity contribution in [3.8, 4) is 5.75 Å². The van der Waals surface area contributed by atoms with Crippen LogP contribution in [-0.2, 0) is 16.3 Å². The van der Waals surface area contributed by atoms with Crippen LogP contribution in [0.5, 0.6) is 5.75 Å². The predicted octanol–water partition coefficient (Wildman–Crippen LogP) is 3.65. The normalized spacial score (nSPS) is 18.8. The Balaban J connectivity index is 1.50. The van der Waals surface area contributed by atoms with E-state index >= 15 is 0 Å². The Morgan fingerprint density at radius 3 is 2.68 bits per heavy atom. The highest BCUT2D eigenvalue weighted by atomic mass is 32.2. The smallest absolute Gasteiger partial charge is 0.230 e. The summed E-state index contributed by atoms with van der Waals surface area (Å²) in [6.45, 7) is 2.12. The Hall–Kier alpha value is -2.67. The van der Waals surface area contributed by atoms with Gasteiger partial charge in [0.05, 0.1) is 7.11 Å². The van der Waals surface area contributed by atoms with E-state index in [0.29, 0.717) is 29.8 Å². The van der Waals surface area contributed by atoms with E-state index in [1.165, 1.54) is 18.2 Å². The zero-order valence-corrected chi connectivity index (χ0v) is 16.9. The quantitative estimate of drug-likeness (QED) is 0.630. The molecule has 6 nitrogen and oxygen atoms in total. The van der Waals surface area contributed by atoms with Crippen molar-refractivity contribution >= 4 is 9.84 Å². The molecule has 7 heteroatoms. The van der Waals surface area contributed by atoms with Crippen molar-refractivity contribution in [3.63, 3.8) is 0 Å². The van der Waals surface area contributed by atoms with Gasteiger partial charge in [-0.3, -0.25) is 0 Å². The van der Waals surface area contributed by atoms with Crippen molar-refractivity contribution in [1.82, 2.24) is 10.1 Å². The van der Waals surface area contributed by atoms with Crippen LogP contribution in [0.15, 0.2) is 51.9 Å². The van der Waals surface area contributed by atoms with Crippen LogP contribution >= 0.6 is 0 Å². The zero-order valence-electron chi connectivity index (χ0n) is 16.0. The highest BCUT2D eigenvalue weighted by Crippen LogP contribution is 2.54. The Morgan fingerprint density at radius 2 is 1.96 bits per heavy atom. The number of aryl methyl sites for hydroxylation is 1. The number of aromatic nitrogens is 2. The van der Waals surface area contributed by atoms with Crippen LogP contribution in [0.25, 0.3) is 0 Å². The zero-order chi connectivity index (χ0) is 19.9. The fourth-order valence-corrected chi connectivity index (χ4v) is 4.44. The Morgan fingerprint density at radius 1 is 1.18 bits per heavy atom. The molecule has 1 aliphatic rings. The van der Waals surface area contributed by atoms with Gasteiger partial charge in [-0.05, 0) is 48.1 Å². The number of ether oxygens (including phenoxy) is 1. The van der Waals surface area contributed by atoms with E-state index in [1.54, 1.807) is 18.2 Å². The highest BCUT2D eigenvalue weighted by molar-refractivity contribution is 7.90. The number of rotatable bonds is 6. The Kier molecular flexibility index (Phi) is 4.71. The molecular weight excluding hydrogens is 376 g/mol. The van der Waals surface area contributed by atoms with Gasteiger partial charge in [-0.1, -0.05) is 35.5 Å². The van der Waals surface area contributed by atoms with Crippen molar-refractivity contribution in [2.24, 2.45) is 0 Å². The molecule has 0 aliphatic heterocycles. The molecule has 0 amide bonds. The van der Waals surface area contributed by atoms with Crippen molar-refractivity contribution in [2.75, 3.05) is 13.4 Å². The molecule has 4 rings (SSSR count). The van der Waals surface area contributed by atoms with Crippen molar-refractivity contribution < 1.29 is 17.7 Å². The number of nitrogens with zero attached hydrogens (tertiary/aromatic N) is 2. The molecular formula is C21H22N2O4S. The molecule has 1 aromatic heterocycles. The first kappa shape index (κ1) is 18.7. The summed E-state index contributed by atoms with van der Waals surface area (Å²) < 4.78 is 34.4. The SMILES string of the molecule is COc1cc(Cc2noc([C@@H]3C[C@H]3c3ccccc3C)n2)ccc1S(C)(=O)=O. The van der Waals surface area contributed by atoms with Crippen LogP contribution in [0.3, 0.4) is 0 Å². The van der Waals surface area contributed by atoms with Gasteiger partial charge in [0.25, 0.3) is 0 Å². The molecule has 3 aromatic rings. The molecule has 1 saturated carbocycles. The number of methoxy groups -OCH3 is 1. The molecule has 1 heterocycles. The molecule has 2 aromatic carbocycles. The molecule has 0 radical (unpaired) electrons. The minimum Gasteiger partial charge on any atom is -0.495 e. The fraction of sp³-hybridized carbons (Fsp3) is 0.333. The van der Waals surface area contributed by atoms with E-state index in [2.05, 4.69) is 35.3 Å².